The van der Waals surface area contributed by atoms with E-state index in [1.54, 1.807) is 6.92 Å². The van der Waals surface area contributed by atoms with Crippen LogP contribution in [0.2, 0.25) is 0 Å². The van der Waals surface area contributed by atoms with Gasteiger partial charge in [0, 0.05) is 30.9 Å². The van der Waals surface area contributed by atoms with Gasteiger partial charge in [-0.15, -0.1) is 0 Å². The number of rotatable bonds is 16. The lowest BCUT2D eigenvalue weighted by atomic mass is 9.83. The lowest BCUT2D eigenvalue weighted by molar-refractivity contribution is -0.141. The fourth-order valence-electron chi connectivity index (χ4n) is 4.43. The van der Waals surface area contributed by atoms with Crippen LogP contribution in [0.4, 0.5) is 4.79 Å². The number of aliphatic hydroxyl groups excluding tert-OH is 1. The van der Waals surface area contributed by atoms with E-state index in [-0.39, 0.29) is 36.3 Å². The summed E-state index contributed by atoms with van der Waals surface area (Å²) >= 11 is 0. The van der Waals surface area contributed by atoms with E-state index in [1.165, 1.54) is 6.08 Å². The molecule has 0 fully saturated rings. The number of cyclic esters (lactones) is 1. The molecule has 0 aromatic carbocycles. The van der Waals surface area contributed by atoms with Crippen LogP contribution >= 0.6 is 0 Å². The van der Waals surface area contributed by atoms with Crippen LogP contribution in [-0.4, -0.2) is 48.3 Å². The normalized spacial score (nSPS) is 19.0. The second-order valence-corrected chi connectivity index (χ2v) is 10.6. The maximum Gasteiger partial charge on any atom is 0.407 e. The topological polar surface area (TPSA) is 102 Å². The van der Waals surface area contributed by atoms with E-state index in [0.717, 1.165) is 29.6 Å². The molecule has 0 bridgehead atoms. The van der Waals surface area contributed by atoms with Crippen LogP contribution in [0.15, 0.2) is 71.4 Å². The molecule has 7 nitrogen and oxygen atoms in total. The molecule has 1 aliphatic heterocycles. The fourth-order valence-corrected chi connectivity index (χ4v) is 4.43. The highest BCUT2D eigenvalue weighted by Crippen LogP contribution is 2.24. The minimum atomic E-state index is -0.766. The first-order valence-corrected chi connectivity index (χ1v) is 15.3. The van der Waals surface area contributed by atoms with Gasteiger partial charge in [-0.05, 0) is 65.0 Å². The van der Waals surface area contributed by atoms with Gasteiger partial charge < -0.3 is 19.9 Å². The summed E-state index contributed by atoms with van der Waals surface area (Å²) in [6, 6.07) is 0. The van der Waals surface area contributed by atoms with E-state index < -0.39 is 18.1 Å². The van der Waals surface area contributed by atoms with E-state index in [9.17, 15) is 19.5 Å². The standard InChI is InChI=1S/C33H49NO6.C2H6/c1-8-34-33(38)39-20-19-25(4)22-27(6)32(37)28(7)31(36)26(5)21-24(3)14-11-9-10-13-23(2)17-18-29-15-12-16-30(35)40-29;1-2/h11-14,16-19,21,26-29,32,37H,8-10,15,20,22H2,1-7H3,(H,34,38);1-2H3/b14-11+,18-17+,23-13-,24-21+,25-19+;. The van der Waals surface area contributed by atoms with E-state index in [0.29, 0.717) is 19.4 Å². The summed E-state index contributed by atoms with van der Waals surface area (Å²) in [7, 11) is 0. The van der Waals surface area contributed by atoms with Crippen LogP contribution in [0.5, 0.6) is 0 Å². The quantitative estimate of drug-likeness (QED) is 0.0837. The molecule has 0 aliphatic carbocycles. The Hall–Kier alpha value is -3.19. The number of ketones is 1. The van der Waals surface area contributed by atoms with Gasteiger partial charge in [-0.1, -0.05) is 87.8 Å². The number of Topliss-reactive ketones (excluding diaryl/α,β-unsaturated/α-hetero) is 1. The van der Waals surface area contributed by atoms with Gasteiger partial charge in [-0.2, -0.15) is 0 Å². The van der Waals surface area contributed by atoms with E-state index >= 15 is 0 Å². The van der Waals surface area contributed by atoms with Gasteiger partial charge in [0.25, 0.3) is 0 Å². The van der Waals surface area contributed by atoms with Crippen molar-refractivity contribution in [1.29, 1.82) is 0 Å². The number of alkyl carbamates (subject to hydrolysis) is 1. The fraction of sp³-hybridized carbons (Fsp3) is 0.571. The maximum absolute atomic E-state index is 13.0. The van der Waals surface area contributed by atoms with Crippen LogP contribution in [0.1, 0.15) is 88.0 Å². The first kappa shape index (κ1) is 38.8. The zero-order valence-corrected chi connectivity index (χ0v) is 27.3. The highest BCUT2D eigenvalue weighted by atomic mass is 16.5. The molecule has 0 saturated heterocycles. The maximum atomic E-state index is 13.0. The molecule has 0 aromatic rings. The molecule has 5 unspecified atom stereocenters. The smallest absolute Gasteiger partial charge is 0.407 e. The largest absolute Gasteiger partial charge is 0.455 e. The van der Waals surface area contributed by atoms with Gasteiger partial charge in [0.1, 0.15) is 18.5 Å². The van der Waals surface area contributed by atoms with Crippen LogP contribution in [-0.2, 0) is 19.1 Å². The van der Waals surface area contributed by atoms with Gasteiger partial charge in [0.05, 0.1) is 6.10 Å². The Morgan fingerprint density at radius 1 is 1.10 bits per heavy atom. The number of amides is 1. The van der Waals surface area contributed by atoms with Crippen LogP contribution in [0, 0.1) is 17.8 Å². The van der Waals surface area contributed by atoms with Gasteiger partial charge in [0.15, 0.2) is 0 Å². The molecule has 1 rings (SSSR count). The molecular formula is C35H55NO6. The predicted octanol–water partition coefficient (Wildman–Crippen LogP) is 7.59. The number of carbonyl (C=O) groups is 3. The zero-order valence-electron chi connectivity index (χ0n) is 27.3. The minimum absolute atomic E-state index is 0.0118. The average Bonchev–Trinajstić information content (AvgIpc) is 2.95. The molecule has 1 heterocycles. The SMILES string of the molecule is CC.CCNC(=O)OC/C=C(\C)CC(C)C(O)C(C)C(=O)C(C)/C=C(C)/C=C/CC/C=C(C)\C=C\C1CC=CC(=O)O1. The highest BCUT2D eigenvalue weighted by Gasteiger charge is 2.29. The lowest BCUT2D eigenvalue weighted by Crippen LogP contribution is -2.34. The van der Waals surface area contributed by atoms with Crippen molar-refractivity contribution in [3.8, 4) is 0 Å². The summed E-state index contributed by atoms with van der Waals surface area (Å²) in [5, 5.41) is 13.4. The Kier molecular flexibility index (Phi) is 20.7. The van der Waals surface area contributed by atoms with Crippen molar-refractivity contribution in [3.63, 3.8) is 0 Å². The summed E-state index contributed by atoms with van der Waals surface area (Å²) in [5.41, 5.74) is 3.12. The Morgan fingerprint density at radius 2 is 1.79 bits per heavy atom. The molecule has 5 atom stereocenters. The van der Waals surface area contributed by atoms with Crippen LogP contribution in [0.3, 0.4) is 0 Å². The van der Waals surface area contributed by atoms with Gasteiger partial charge in [-0.25, -0.2) is 9.59 Å². The third-order valence-electron chi connectivity index (χ3n) is 6.76. The van der Waals surface area contributed by atoms with Crippen molar-refractivity contribution in [1.82, 2.24) is 5.32 Å². The number of carbonyl (C=O) groups excluding carboxylic acids is 3. The molecule has 2 N–H and O–H groups in total. The van der Waals surface area contributed by atoms with E-state index in [4.69, 9.17) is 9.47 Å². The van der Waals surface area contributed by atoms with Gasteiger partial charge in [-0.3, -0.25) is 4.79 Å². The Morgan fingerprint density at radius 3 is 2.43 bits per heavy atom. The van der Waals surface area contributed by atoms with E-state index in [2.05, 4.69) is 17.5 Å². The Balaban J connectivity index is 0.00000821. The molecule has 42 heavy (non-hydrogen) atoms. The molecule has 0 saturated carbocycles. The zero-order chi connectivity index (χ0) is 32.1. The number of aliphatic hydroxyl groups is 1. The third kappa shape index (κ3) is 16.9. The van der Waals surface area contributed by atoms with Crippen molar-refractivity contribution in [3.05, 3.63) is 71.4 Å². The third-order valence-corrected chi connectivity index (χ3v) is 6.76. The number of hydrogen-bond donors (Lipinski definition) is 2. The highest BCUT2D eigenvalue weighted by molar-refractivity contribution is 5.85. The molecule has 0 aromatic heterocycles. The van der Waals surface area contributed by atoms with E-state index in [1.807, 2.05) is 91.8 Å². The average molecular weight is 586 g/mol. The lowest BCUT2D eigenvalue weighted by Gasteiger charge is -2.26. The number of esters is 1. The minimum Gasteiger partial charge on any atom is -0.455 e. The summed E-state index contributed by atoms with van der Waals surface area (Å²) in [5.74, 6) is -1.20. The summed E-state index contributed by atoms with van der Waals surface area (Å²) < 4.78 is 10.3. The number of allylic oxidation sites excluding steroid dienone is 8. The van der Waals surface area contributed by atoms with Crippen molar-refractivity contribution in [2.24, 2.45) is 17.8 Å². The molecule has 1 amide bonds. The van der Waals surface area contributed by atoms with Gasteiger partial charge >= 0.3 is 12.1 Å². The number of nitrogens with one attached hydrogen (secondary N) is 1. The van der Waals surface area contributed by atoms with Crippen molar-refractivity contribution < 1.29 is 29.0 Å². The molecular weight excluding hydrogens is 530 g/mol. The second kappa shape index (κ2) is 22.4. The number of unbranched alkanes of at least 4 members (excludes halogenated alkanes) is 1. The molecule has 0 radical (unpaired) electrons. The van der Waals surface area contributed by atoms with Crippen molar-refractivity contribution >= 4 is 17.8 Å². The summed E-state index contributed by atoms with van der Waals surface area (Å²) in [4.78, 5) is 35.7. The molecule has 1 aliphatic rings. The number of hydrogen-bond acceptors (Lipinski definition) is 6. The van der Waals surface area contributed by atoms with Crippen LogP contribution < -0.4 is 5.32 Å². The second-order valence-electron chi connectivity index (χ2n) is 10.6. The van der Waals surface area contributed by atoms with Crippen molar-refractivity contribution in [2.75, 3.05) is 13.2 Å². The number of ether oxygens (including phenoxy) is 2. The molecule has 236 valence electrons. The van der Waals surface area contributed by atoms with Crippen molar-refractivity contribution in [2.45, 2.75) is 100 Å². The first-order chi connectivity index (χ1) is 19.9. The predicted molar refractivity (Wildman–Crippen MR) is 172 cm³/mol. The monoisotopic (exact) mass is 585 g/mol. The Bertz CT molecular complexity index is 1020. The molecule has 0 spiro atoms. The summed E-state index contributed by atoms with van der Waals surface area (Å²) in [6.07, 6.45) is 18.9. The first-order valence-electron chi connectivity index (χ1n) is 15.3. The summed E-state index contributed by atoms with van der Waals surface area (Å²) in [6.45, 7) is 18.0. The van der Waals surface area contributed by atoms with Gasteiger partial charge in [0.2, 0.25) is 0 Å². The van der Waals surface area contributed by atoms with Crippen LogP contribution in [0.25, 0.3) is 0 Å². The molecule has 7 heteroatoms. The Labute approximate surface area is 254 Å².